The van der Waals surface area contributed by atoms with Crippen molar-refractivity contribution in [2.45, 2.75) is 181 Å². The number of nitrogens with zero attached hydrogens (tertiary/aromatic N) is 3. The number of ketones is 1. The number of amides is 2. The molecule has 6 aliphatic rings. The number of carbonyl (C=O) groups is 4. The SMILES string of the molecule is CCN(C(C)=O)C1COC(OC2C(OC3C#C/C=C\C#CC4(O)CC(=O)C(NC(=O)OC)=C3/C4=C\CSSc3ccc([N+](=O)[O-])cn3)OC(C)C(NOC3CC(O)C(SC(=O)c4c(C)c(I)c(OC5OC(C)C(O)C(OC)C5O)c(OC)c4OC)C(C)O3)C2O)CC1OC. The van der Waals surface area contributed by atoms with Crippen LogP contribution in [-0.4, -0.2) is 233 Å². The number of ether oxygens (including phenoxy) is 12. The molecule has 0 saturated carbocycles. The van der Waals surface area contributed by atoms with E-state index in [2.05, 4.69) is 39.5 Å². The molecule has 7 N–H and O–H groups in total. The number of nitro groups is 1. The first-order valence-electron chi connectivity index (χ1n) is 29.6. The highest BCUT2D eigenvalue weighted by Crippen LogP contribution is 2.49. The number of allylic oxidation sites excluding steroid dienone is 3. The van der Waals surface area contributed by atoms with E-state index in [-0.39, 0.29) is 76.5 Å². The molecule has 514 valence electrons. The molecule has 19 unspecified atom stereocenters. The number of benzene rings is 1. The van der Waals surface area contributed by atoms with Crippen molar-refractivity contribution in [3.8, 4) is 40.9 Å². The summed E-state index contributed by atoms with van der Waals surface area (Å²) in [6.07, 6.45) is -14.7. The number of thioether (sulfide) groups is 1. The predicted octanol–water partition coefficient (Wildman–Crippen LogP) is 3.54. The number of hydrogen-bond acceptors (Lipinski definition) is 29. The van der Waals surface area contributed by atoms with Crippen LogP contribution in [0.15, 0.2) is 58.4 Å². The van der Waals surface area contributed by atoms with Gasteiger partial charge in [0.25, 0.3) is 5.69 Å². The van der Waals surface area contributed by atoms with Gasteiger partial charge in [0.05, 0.1) is 102 Å². The van der Waals surface area contributed by atoms with Crippen molar-refractivity contribution >= 4 is 84.5 Å². The largest absolute Gasteiger partial charge is 0.492 e. The van der Waals surface area contributed by atoms with Gasteiger partial charge in [0.1, 0.15) is 47.8 Å². The molecule has 33 heteroatoms. The number of hydroxylamine groups is 1. The number of aromatic nitrogens is 1. The highest BCUT2D eigenvalue weighted by atomic mass is 127. The van der Waals surface area contributed by atoms with Crippen molar-refractivity contribution in [2.24, 2.45) is 0 Å². The van der Waals surface area contributed by atoms with Crippen molar-refractivity contribution in [3.63, 3.8) is 0 Å². The number of fused-ring (bicyclic) bond motifs is 2. The molecule has 2 amide bonds. The second-order valence-electron chi connectivity index (χ2n) is 22.2. The van der Waals surface area contributed by atoms with E-state index in [1.165, 1.54) is 70.4 Å². The Hall–Kier alpha value is -5.23. The van der Waals surface area contributed by atoms with Crippen LogP contribution in [-0.2, 0) is 57.1 Å². The van der Waals surface area contributed by atoms with E-state index < -0.39 is 144 Å². The first-order valence-corrected chi connectivity index (χ1v) is 33.9. The minimum atomic E-state index is -2.21. The molecule has 29 nitrogen and oxygen atoms in total. The number of Topliss-reactive ketones (excluding diaryl/α,β-unsaturated/α-hetero) is 1. The number of carbonyl (C=O) groups excluding carboxylic acids is 4. The summed E-state index contributed by atoms with van der Waals surface area (Å²) < 4.78 is 72.7. The third-order valence-corrected chi connectivity index (χ3v) is 21.2. The molecule has 0 spiro atoms. The van der Waals surface area contributed by atoms with Crippen LogP contribution >= 0.6 is 55.9 Å². The van der Waals surface area contributed by atoms with Crippen molar-refractivity contribution < 1.29 is 111 Å². The lowest BCUT2D eigenvalue weighted by atomic mass is 9.75. The van der Waals surface area contributed by atoms with Gasteiger partial charge in [0.15, 0.2) is 41.8 Å². The molecule has 2 aromatic rings. The first kappa shape index (κ1) is 74.6. The lowest BCUT2D eigenvalue weighted by Crippen LogP contribution is -2.65. The number of aliphatic hydroxyl groups is 5. The molecule has 2 bridgehead atoms. The van der Waals surface area contributed by atoms with E-state index in [1.54, 1.807) is 38.7 Å². The smallest absolute Gasteiger partial charge is 0.411 e. The van der Waals surface area contributed by atoms with Crippen LogP contribution in [0.2, 0.25) is 0 Å². The van der Waals surface area contributed by atoms with Crippen molar-refractivity contribution in [1.82, 2.24) is 20.7 Å². The first-order chi connectivity index (χ1) is 44.8. The molecule has 4 aliphatic heterocycles. The van der Waals surface area contributed by atoms with Gasteiger partial charge in [0.2, 0.25) is 23.1 Å². The Morgan fingerprint density at radius 1 is 0.915 bits per heavy atom. The predicted molar refractivity (Wildman–Crippen MR) is 345 cm³/mol. The van der Waals surface area contributed by atoms with Crippen LogP contribution in [0.1, 0.15) is 69.8 Å². The second kappa shape index (κ2) is 33.3. The number of nitrogens with one attached hydrogen (secondary N) is 2. The number of halogens is 1. The normalized spacial score (nSPS) is 33.2. The van der Waals surface area contributed by atoms with Gasteiger partial charge in [0, 0.05) is 63.5 Å². The van der Waals surface area contributed by atoms with Gasteiger partial charge in [-0.1, -0.05) is 52.3 Å². The maximum Gasteiger partial charge on any atom is 0.411 e. The zero-order valence-corrected chi connectivity index (χ0v) is 57.6. The highest BCUT2D eigenvalue weighted by Gasteiger charge is 2.52. The topological polar surface area (TPSA) is 373 Å². The molecule has 4 saturated heterocycles. The summed E-state index contributed by atoms with van der Waals surface area (Å²) in [7, 11) is 8.97. The third kappa shape index (κ3) is 16.8. The Balaban J connectivity index is 1.05. The fourth-order valence-corrected chi connectivity index (χ4v) is 15.0. The second-order valence-corrected chi connectivity index (χ2v) is 26.8. The Kier molecular flexibility index (Phi) is 26.5. The average molecular weight is 1490 g/mol. The standard InChI is InChI=1S/C61H76IN5O24S3/c1-12-66(32(6)68)35-27-84-41(24-39(35)79-7)89-54-49(72)46(65-91-42-23-36(69)56(31(5)85-42)93-57(74)43-28(2)45(62)52(55(82-10)51(43)80-8)90-58-50(73)53(81-9)48(71)30(4)87-58)29(3)86-59(54)88-38-17-15-13-14-16-21-61(76)25-37(70)47(64-60(75)83-11)44(38)34(61)20-22-92-94-40-19-18-33(26-63-40)67(77)78/h13-14,18-20,26,29-31,35-36,38-39,41-42,46,48-50,53-54,56,58-59,65,69,71-73,76H,12,22-25,27H2,1-11H3,(H,64,75)/b14-13-,34-20+. The van der Waals surface area contributed by atoms with Crippen molar-refractivity contribution in [3.05, 3.63) is 78.2 Å². The Morgan fingerprint density at radius 3 is 2.28 bits per heavy atom. The zero-order chi connectivity index (χ0) is 68.5. The molecule has 1 aromatic carbocycles. The van der Waals surface area contributed by atoms with Crippen LogP contribution < -0.4 is 25.0 Å². The number of likely N-dealkylation sites (N-methyl/N-ethyl adjacent to an activating group) is 1. The number of pyridine rings is 1. The lowest BCUT2D eigenvalue weighted by Gasteiger charge is -2.47. The van der Waals surface area contributed by atoms with Gasteiger partial charge in [-0.3, -0.25) is 34.7 Å². The van der Waals surface area contributed by atoms with E-state index in [0.29, 0.717) is 20.7 Å². The number of aliphatic hydroxyl groups excluding tert-OH is 4. The van der Waals surface area contributed by atoms with Crippen molar-refractivity contribution in [1.29, 1.82) is 0 Å². The molecule has 1 aromatic heterocycles. The minimum Gasteiger partial charge on any atom is -0.492 e. The summed E-state index contributed by atoms with van der Waals surface area (Å²) in [5, 5.41) is 71.4. The molecular weight excluding hydrogens is 1410 g/mol. The molecule has 19 atom stereocenters. The Bertz CT molecular complexity index is 3320. The van der Waals surface area contributed by atoms with Crippen LogP contribution in [0, 0.1) is 44.3 Å². The van der Waals surface area contributed by atoms with Crippen LogP contribution in [0.4, 0.5) is 10.5 Å². The molecule has 8 rings (SSSR count). The fourth-order valence-electron chi connectivity index (χ4n) is 11.6. The molecule has 5 heterocycles. The number of alkyl carbamates (subject to hydrolysis) is 1. The Morgan fingerprint density at radius 2 is 1.64 bits per heavy atom. The molecular formula is C61H76IN5O24S3. The number of methoxy groups -OCH3 is 5. The highest BCUT2D eigenvalue weighted by molar-refractivity contribution is 14.1. The minimum absolute atomic E-state index is 0.00104. The van der Waals surface area contributed by atoms with Crippen molar-refractivity contribution in [2.75, 3.05) is 54.5 Å². The summed E-state index contributed by atoms with van der Waals surface area (Å²) in [5.74, 6) is 10.5. The Labute approximate surface area is 567 Å². The average Bonchev–Trinajstić information content (AvgIpc) is 0.764. The van der Waals surface area contributed by atoms with Gasteiger partial charge in [-0.05, 0) is 91.8 Å². The van der Waals surface area contributed by atoms with Gasteiger partial charge in [-0.15, -0.1) is 0 Å². The van der Waals surface area contributed by atoms with Gasteiger partial charge >= 0.3 is 6.09 Å². The van der Waals surface area contributed by atoms with E-state index in [4.69, 9.17) is 61.7 Å². The van der Waals surface area contributed by atoms with Gasteiger partial charge in [-0.25, -0.2) is 9.78 Å². The van der Waals surface area contributed by atoms with E-state index in [1.807, 2.05) is 29.5 Å². The number of rotatable bonds is 23. The van der Waals surface area contributed by atoms with E-state index in [9.17, 15) is 54.8 Å². The molecule has 94 heavy (non-hydrogen) atoms. The number of hydrogen-bond donors (Lipinski definition) is 7. The summed E-state index contributed by atoms with van der Waals surface area (Å²) in [6.45, 7) is 10.0. The lowest BCUT2D eigenvalue weighted by molar-refractivity contribution is -0.385. The van der Waals surface area contributed by atoms with Crippen LogP contribution in [0.5, 0.6) is 17.2 Å². The summed E-state index contributed by atoms with van der Waals surface area (Å²) >= 11 is 2.77. The van der Waals surface area contributed by atoms with E-state index >= 15 is 0 Å². The third-order valence-electron chi connectivity index (χ3n) is 16.4. The summed E-state index contributed by atoms with van der Waals surface area (Å²) in [6, 6.07) is 1.06. The zero-order valence-electron chi connectivity index (χ0n) is 53.0. The van der Waals surface area contributed by atoms with Crippen LogP contribution in [0.25, 0.3) is 0 Å². The fraction of sp³-hybridized carbons (Fsp3) is 0.590. The molecule has 4 fully saturated rings. The van der Waals surface area contributed by atoms with Crippen LogP contribution in [0.3, 0.4) is 0 Å². The monoisotopic (exact) mass is 1490 g/mol. The van der Waals surface area contributed by atoms with Gasteiger partial charge < -0.3 is 87.3 Å². The maximum absolute atomic E-state index is 14.5. The van der Waals surface area contributed by atoms with Gasteiger partial charge in [-0.2, -0.15) is 5.48 Å². The van der Waals surface area contributed by atoms with E-state index in [0.717, 1.165) is 35.9 Å². The molecule has 0 radical (unpaired) electrons. The summed E-state index contributed by atoms with van der Waals surface area (Å²) in [5.41, 5.74) is 0.443. The summed E-state index contributed by atoms with van der Waals surface area (Å²) in [4.78, 5) is 77.2. The quantitative estimate of drug-likeness (QED) is 0.0209. The maximum atomic E-state index is 14.5. The molecule has 2 aliphatic carbocycles.